The van der Waals surface area contributed by atoms with Gasteiger partial charge in [-0.15, -0.1) is 0 Å². The Morgan fingerprint density at radius 2 is 2.00 bits per heavy atom. The summed E-state index contributed by atoms with van der Waals surface area (Å²) in [5, 5.41) is 0. The normalized spacial score (nSPS) is 36.6. The smallest absolute Gasteiger partial charge is 0.0726 e. The van der Waals surface area contributed by atoms with Crippen LogP contribution in [0, 0.1) is 0 Å². The number of ether oxygens (including phenoxy) is 1. The molecule has 1 aliphatic carbocycles. The van der Waals surface area contributed by atoms with E-state index in [0.717, 1.165) is 19.5 Å². The molecule has 1 saturated heterocycles. The largest absolute Gasteiger partial charge is 0.372 e. The van der Waals surface area contributed by atoms with Gasteiger partial charge < -0.3 is 15.4 Å². The first-order valence-corrected chi connectivity index (χ1v) is 5.69. The molecule has 0 aromatic carbocycles. The highest BCUT2D eigenvalue weighted by Crippen LogP contribution is 2.19. The van der Waals surface area contributed by atoms with Crippen molar-refractivity contribution in [2.45, 2.75) is 38.5 Å². The van der Waals surface area contributed by atoms with Gasteiger partial charge in [-0.25, -0.2) is 0 Å². The molecule has 3 heteroatoms. The summed E-state index contributed by atoms with van der Waals surface area (Å²) >= 11 is 0. The second kappa shape index (κ2) is 4.37. The molecule has 2 rings (SSSR count). The first-order valence-electron chi connectivity index (χ1n) is 5.69. The van der Waals surface area contributed by atoms with Crippen LogP contribution >= 0.6 is 0 Å². The van der Waals surface area contributed by atoms with Crippen LogP contribution in [-0.4, -0.2) is 36.2 Å². The molecule has 1 fully saturated rings. The molecule has 84 valence electrons. The van der Waals surface area contributed by atoms with Crippen molar-refractivity contribution in [1.82, 2.24) is 4.90 Å². The third-order valence-electron chi connectivity index (χ3n) is 2.90. The summed E-state index contributed by atoms with van der Waals surface area (Å²) in [7, 11) is 0. The summed E-state index contributed by atoms with van der Waals surface area (Å²) in [6.07, 6.45) is 8.04. The second-order valence-corrected chi connectivity index (χ2v) is 4.55. The Hall–Kier alpha value is -0.800. The predicted molar refractivity (Wildman–Crippen MR) is 61.4 cm³/mol. The van der Waals surface area contributed by atoms with Crippen LogP contribution in [0.15, 0.2) is 23.9 Å². The molecule has 0 bridgehead atoms. The highest BCUT2D eigenvalue weighted by Gasteiger charge is 2.23. The first kappa shape index (κ1) is 10.7. The van der Waals surface area contributed by atoms with Gasteiger partial charge in [0.15, 0.2) is 0 Å². The monoisotopic (exact) mass is 208 g/mol. The van der Waals surface area contributed by atoms with Crippen LogP contribution < -0.4 is 5.73 Å². The quantitative estimate of drug-likeness (QED) is 0.705. The first-order chi connectivity index (χ1) is 7.15. The maximum atomic E-state index is 5.81. The molecule has 3 nitrogen and oxygen atoms in total. The van der Waals surface area contributed by atoms with Crippen LogP contribution in [0.25, 0.3) is 0 Å². The van der Waals surface area contributed by atoms with Crippen LogP contribution in [0.2, 0.25) is 0 Å². The van der Waals surface area contributed by atoms with Crippen molar-refractivity contribution in [2.75, 3.05) is 13.1 Å². The molecule has 2 aliphatic rings. The van der Waals surface area contributed by atoms with Crippen molar-refractivity contribution in [2.24, 2.45) is 5.73 Å². The van der Waals surface area contributed by atoms with Crippen LogP contribution in [0.5, 0.6) is 0 Å². The number of hydrogen-bond donors (Lipinski definition) is 1. The highest BCUT2D eigenvalue weighted by molar-refractivity contribution is 5.24. The maximum Gasteiger partial charge on any atom is 0.0726 e. The molecule has 0 aromatic heterocycles. The number of rotatable bonds is 1. The molecular weight excluding hydrogens is 188 g/mol. The fourth-order valence-corrected chi connectivity index (χ4v) is 2.25. The third kappa shape index (κ3) is 2.61. The lowest BCUT2D eigenvalue weighted by Gasteiger charge is -2.38. The van der Waals surface area contributed by atoms with Gasteiger partial charge in [0.05, 0.1) is 12.2 Å². The van der Waals surface area contributed by atoms with E-state index in [0.29, 0.717) is 12.2 Å². The topological polar surface area (TPSA) is 38.5 Å². The lowest BCUT2D eigenvalue weighted by Crippen LogP contribution is -2.44. The summed E-state index contributed by atoms with van der Waals surface area (Å²) in [6, 6.07) is 0.199. The van der Waals surface area contributed by atoms with Gasteiger partial charge in [-0.1, -0.05) is 12.2 Å². The lowest BCUT2D eigenvalue weighted by atomic mass is 10.1. The Morgan fingerprint density at radius 1 is 1.33 bits per heavy atom. The fourth-order valence-electron chi connectivity index (χ4n) is 2.25. The molecule has 1 heterocycles. The Kier molecular flexibility index (Phi) is 3.12. The molecule has 1 aliphatic heterocycles. The highest BCUT2D eigenvalue weighted by atomic mass is 16.5. The van der Waals surface area contributed by atoms with E-state index in [-0.39, 0.29) is 6.04 Å². The molecule has 15 heavy (non-hydrogen) atoms. The summed E-state index contributed by atoms with van der Waals surface area (Å²) in [5.41, 5.74) is 7.11. The molecule has 3 atom stereocenters. The van der Waals surface area contributed by atoms with Crippen molar-refractivity contribution < 1.29 is 4.74 Å². The SMILES string of the molecule is C[C@@H]1CN(C2=CCC(N)C=C2)C[C@H](C)O1. The zero-order valence-electron chi connectivity index (χ0n) is 9.52. The zero-order valence-corrected chi connectivity index (χ0v) is 9.52. The maximum absolute atomic E-state index is 5.81. The van der Waals surface area contributed by atoms with E-state index in [2.05, 4.69) is 37.0 Å². The van der Waals surface area contributed by atoms with Gasteiger partial charge in [0.25, 0.3) is 0 Å². The van der Waals surface area contributed by atoms with Crippen molar-refractivity contribution in [3.05, 3.63) is 23.9 Å². The van der Waals surface area contributed by atoms with Crippen LogP contribution in [0.4, 0.5) is 0 Å². The number of nitrogens with zero attached hydrogens (tertiary/aromatic N) is 1. The van der Waals surface area contributed by atoms with E-state index in [4.69, 9.17) is 10.5 Å². The molecule has 2 N–H and O–H groups in total. The van der Waals surface area contributed by atoms with Gasteiger partial charge >= 0.3 is 0 Å². The van der Waals surface area contributed by atoms with Crippen molar-refractivity contribution >= 4 is 0 Å². The van der Waals surface area contributed by atoms with E-state index in [1.807, 2.05) is 0 Å². The second-order valence-electron chi connectivity index (χ2n) is 4.55. The fraction of sp³-hybridized carbons (Fsp3) is 0.667. The van der Waals surface area contributed by atoms with Gasteiger partial charge in [-0.2, -0.15) is 0 Å². The minimum Gasteiger partial charge on any atom is -0.372 e. The molecule has 0 aromatic rings. The Bertz CT molecular complexity index is 275. The van der Waals surface area contributed by atoms with Gasteiger partial charge in [-0.05, 0) is 26.3 Å². The van der Waals surface area contributed by atoms with E-state index in [1.165, 1.54) is 5.70 Å². The predicted octanol–water partition coefficient (Wildman–Crippen LogP) is 1.27. The Balaban J connectivity index is 2.01. The minimum atomic E-state index is 0.199. The van der Waals surface area contributed by atoms with Crippen molar-refractivity contribution in [3.8, 4) is 0 Å². The average Bonchev–Trinajstić information content (AvgIpc) is 2.17. The summed E-state index contributed by atoms with van der Waals surface area (Å²) in [5.74, 6) is 0. The van der Waals surface area contributed by atoms with E-state index >= 15 is 0 Å². The zero-order chi connectivity index (χ0) is 10.8. The summed E-state index contributed by atoms with van der Waals surface area (Å²) in [4.78, 5) is 2.39. The van der Waals surface area contributed by atoms with Crippen LogP contribution in [0.3, 0.4) is 0 Å². The lowest BCUT2D eigenvalue weighted by molar-refractivity contribution is -0.0568. The van der Waals surface area contributed by atoms with Gasteiger partial charge in [-0.3, -0.25) is 0 Å². The van der Waals surface area contributed by atoms with Crippen molar-refractivity contribution in [1.29, 1.82) is 0 Å². The molecule has 0 saturated carbocycles. The van der Waals surface area contributed by atoms with Crippen LogP contribution in [0.1, 0.15) is 20.3 Å². The standard InChI is InChI=1S/C12H20N2O/c1-9-7-14(8-10(2)15-9)12-5-3-11(13)4-6-12/h3,5-6,9-11H,4,7-8,13H2,1-2H3/t9-,10+,11?. The summed E-state index contributed by atoms with van der Waals surface area (Å²) < 4.78 is 5.71. The molecule has 0 spiro atoms. The number of hydrogen-bond acceptors (Lipinski definition) is 3. The Labute approximate surface area is 91.6 Å². The van der Waals surface area contributed by atoms with Crippen molar-refractivity contribution in [3.63, 3.8) is 0 Å². The molecular formula is C12H20N2O. The van der Waals surface area contributed by atoms with E-state index < -0.39 is 0 Å². The summed E-state index contributed by atoms with van der Waals surface area (Å²) in [6.45, 7) is 6.22. The number of nitrogens with two attached hydrogens (primary N) is 1. The van der Waals surface area contributed by atoms with Gasteiger partial charge in [0.2, 0.25) is 0 Å². The average molecular weight is 208 g/mol. The van der Waals surface area contributed by atoms with Gasteiger partial charge in [0, 0.05) is 24.8 Å². The van der Waals surface area contributed by atoms with Crippen LogP contribution in [-0.2, 0) is 4.74 Å². The Morgan fingerprint density at radius 3 is 2.53 bits per heavy atom. The third-order valence-corrected chi connectivity index (χ3v) is 2.90. The molecule has 0 amide bonds. The number of morpholine rings is 1. The van der Waals surface area contributed by atoms with Gasteiger partial charge in [0.1, 0.15) is 0 Å². The molecule has 1 unspecified atom stereocenters. The number of allylic oxidation sites excluding steroid dienone is 1. The molecule has 0 radical (unpaired) electrons. The van der Waals surface area contributed by atoms with E-state index in [9.17, 15) is 0 Å². The minimum absolute atomic E-state index is 0.199. The van der Waals surface area contributed by atoms with E-state index in [1.54, 1.807) is 0 Å².